The second-order valence-corrected chi connectivity index (χ2v) is 4.24. The summed E-state index contributed by atoms with van der Waals surface area (Å²) in [5, 5.41) is 2.09. The number of ketones is 2. The van der Waals surface area contributed by atoms with Gasteiger partial charge in [-0.3, -0.25) is 9.59 Å². The molecule has 0 aromatic heterocycles. The van der Waals surface area contributed by atoms with Crippen molar-refractivity contribution in [2.75, 3.05) is 0 Å². The lowest BCUT2D eigenvalue weighted by atomic mass is 9.91. The van der Waals surface area contributed by atoms with Gasteiger partial charge in [-0.1, -0.05) is 43.5 Å². The summed E-state index contributed by atoms with van der Waals surface area (Å²) < 4.78 is 4.36. The van der Waals surface area contributed by atoms with Crippen LogP contribution in [0.5, 0.6) is 0 Å². The van der Waals surface area contributed by atoms with Gasteiger partial charge in [0.15, 0.2) is 0 Å². The predicted molar refractivity (Wildman–Crippen MR) is 83.8 cm³/mol. The van der Waals surface area contributed by atoms with E-state index >= 15 is 0 Å². The summed E-state index contributed by atoms with van der Waals surface area (Å²) in [5.74, 6) is -0.856. The molecule has 0 atom stereocenters. The second kappa shape index (κ2) is 6.48. The van der Waals surface area contributed by atoms with E-state index in [0.717, 1.165) is 16.3 Å². The summed E-state index contributed by atoms with van der Waals surface area (Å²) >= 11 is 0. The van der Waals surface area contributed by atoms with Crippen molar-refractivity contribution in [2.24, 2.45) is 0 Å². The molecule has 21 heavy (non-hydrogen) atoms. The minimum atomic E-state index is -0.442. The van der Waals surface area contributed by atoms with Gasteiger partial charge in [-0.15, -0.1) is 0 Å². The molecule has 2 aromatic carbocycles. The highest BCUT2D eigenvalue weighted by atomic mass is 16.5. The maximum atomic E-state index is 11.7. The molecule has 0 heterocycles. The fourth-order valence-electron chi connectivity index (χ4n) is 2.11. The lowest BCUT2D eigenvalue weighted by molar-refractivity contribution is -0.110. The van der Waals surface area contributed by atoms with Gasteiger partial charge in [0.2, 0.25) is 11.6 Å². The van der Waals surface area contributed by atoms with Crippen molar-refractivity contribution in [1.29, 1.82) is 0 Å². The van der Waals surface area contributed by atoms with E-state index in [0.29, 0.717) is 5.56 Å². The highest BCUT2D eigenvalue weighted by Gasteiger charge is 2.21. The molecule has 0 bridgehead atoms. The van der Waals surface area contributed by atoms with Crippen molar-refractivity contribution in [3.63, 3.8) is 0 Å². The number of rotatable bonds is 2. The number of hydrogen-bond acceptors (Lipinski definition) is 3. The van der Waals surface area contributed by atoms with Crippen LogP contribution in [-0.2, 0) is 9.53 Å². The Bertz CT molecular complexity index is 748. The number of allylic oxidation sites excluding steroid dienone is 1. The van der Waals surface area contributed by atoms with Crippen LogP contribution in [0.2, 0.25) is 0 Å². The maximum Gasteiger partial charge on any atom is 0.233 e. The first-order valence-electron chi connectivity index (χ1n) is 6.34. The van der Waals surface area contributed by atoms with Crippen LogP contribution in [0.1, 0.15) is 15.9 Å². The van der Waals surface area contributed by atoms with Crippen molar-refractivity contribution in [2.45, 2.75) is 0 Å². The van der Waals surface area contributed by atoms with Gasteiger partial charge in [-0.2, -0.15) is 0 Å². The molecule has 2 aromatic rings. The Morgan fingerprint density at radius 2 is 1.62 bits per heavy atom. The first kappa shape index (κ1) is 14.5. The molecule has 0 saturated heterocycles. The van der Waals surface area contributed by atoms with Gasteiger partial charge in [0.1, 0.15) is 0 Å². The topological polar surface area (TPSA) is 43.4 Å². The van der Waals surface area contributed by atoms with Crippen molar-refractivity contribution in [3.8, 4) is 0 Å². The molecule has 3 nitrogen and oxygen atoms in total. The monoisotopic (exact) mass is 278 g/mol. The average molecular weight is 278 g/mol. The Hall–Kier alpha value is -2.94. The summed E-state index contributed by atoms with van der Waals surface area (Å²) in [4.78, 5) is 22.9. The summed E-state index contributed by atoms with van der Waals surface area (Å²) in [6, 6.07) is 11.4. The minimum absolute atomic E-state index is 0.414. The zero-order valence-electron chi connectivity index (χ0n) is 11.4. The fraction of sp³-hybridized carbons (Fsp3) is 0. The molecule has 104 valence electrons. The number of hydrogen-bond donors (Lipinski definition) is 0. The SMILES string of the molecule is C=COC=C.O=C1C=Cc2c(ccc3ccccc23)C1=O. The zero-order valence-corrected chi connectivity index (χ0v) is 11.4. The number of fused-ring (bicyclic) bond motifs is 3. The normalized spacial score (nSPS) is 12.2. The third-order valence-electron chi connectivity index (χ3n) is 3.03. The minimum Gasteiger partial charge on any atom is -0.474 e. The molecule has 3 heteroatoms. The molecule has 0 saturated carbocycles. The number of Topliss-reactive ketones (excluding diaryl/α,β-unsaturated/α-hetero) is 1. The summed E-state index contributed by atoms with van der Waals surface area (Å²) in [6.45, 7) is 6.51. The van der Waals surface area contributed by atoms with Crippen LogP contribution < -0.4 is 0 Å². The largest absolute Gasteiger partial charge is 0.474 e. The summed E-state index contributed by atoms with van der Waals surface area (Å²) in [6.07, 6.45) is 5.69. The Labute approximate surface area is 122 Å². The Balaban J connectivity index is 0.000000282. The number of carbonyl (C=O) groups is 2. The Kier molecular flexibility index (Phi) is 4.46. The van der Waals surface area contributed by atoms with Crippen molar-refractivity contribution >= 4 is 28.4 Å². The van der Waals surface area contributed by atoms with E-state index in [9.17, 15) is 9.59 Å². The Morgan fingerprint density at radius 1 is 0.905 bits per heavy atom. The lowest BCUT2D eigenvalue weighted by Gasteiger charge is -2.11. The third-order valence-corrected chi connectivity index (χ3v) is 3.03. The van der Waals surface area contributed by atoms with Gasteiger partial charge in [0.25, 0.3) is 0 Å². The molecule has 0 N–H and O–H groups in total. The molecule has 1 aliphatic rings. The molecule has 1 aliphatic carbocycles. The number of ether oxygens (including phenoxy) is 1. The van der Waals surface area contributed by atoms with Gasteiger partial charge in [-0.25, -0.2) is 0 Å². The molecule has 0 amide bonds. The molecule has 3 rings (SSSR count). The van der Waals surface area contributed by atoms with Gasteiger partial charge >= 0.3 is 0 Å². The second-order valence-electron chi connectivity index (χ2n) is 4.24. The van der Waals surface area contributed by atoms with E-state index in [1.165, 1.54) is 18.6 Å². The van der Waals surface area contributed by atoms with Crippen molar-refractivity contribution < 1.29 is 14.3 Å². The first-order valence-corrected chi connectivity index (χ1v) is 6.34. The predicted octanol–water partition coefficient (Wildman–Crippen LogP) is 3.91. The average Bonchev–Trinajstić information content (AvgIpc) is 2.52. The van der Waals surface area contributed by atoms with E-state index in [4.69, 9.17) is 0 Å². The quantitative estimate of drug-likeness (QED) is 0.618. The molecule has 0 unspecified atom stereocenters. The number of benzene rings is 2. The fourth-order valence-corrected chi connectivity index (χ4v) is 2.11. The highest BCUT2D eigenvalue weighted by molar-refractivity contribution is 6.50. The van der Waals surface area contributed by atoms with E-state index in [2.05, 4.69) is 17.9 Å². The van der Waals surface area contributed by atoms with Gasteiger partial charge in [-0.05, 0) is 34.6 Å². The molecule has 0 fully saturated rings. The van der Waals surface area contributed by atoms with Crippen molar-refractivity contribution in [3.05, 3.63) is 79.3 Å². The highest BCUT2D eigenvalue weighted by Crippen LogP contribution is 2.26. The third kappa shape index (κ3) is 2.98. The van der Waals surface area contributed by atoms with Crippen LogP contribution >= 0.6 is 0 Å². The van der Waals surface area contributed by atoms with Crippen LogP contribution in [0.3, 0.4) is 0 Å². The van der Waals surface area contributed by atoms with Crippen LogP contribution in [0.25, 0.3) is 16.8 Å². The molecular formula is C18H14O3. The number of carbonyl (C=O) groups excluding carboxylic acids is 2. The summed E-state index contributed by atoms with van der Waals surface area (Å²) in [5.41, 5.74) is 1.36. The van der Waals surface area contributed by atoms with Crippen molar-refractivity contribution in [1.82, 2.24) is 0 Å². The van der Waals surface area contributed by atoms with Gasteiger partial charge in [0.05, 0.1) is 12.5 Å². The maximum absolute atomic E-state index is 11.7. The Morgan fingerprint density at radius 3 is 2.29 bits per heavy atom. The smallest absolute Gasteiger partial charge is 0.233 e. The van der Waals surface area contributed by atoms with Crippen LogP contribution in [0.4, 0.5) is 0 Å². The van der Waals surface area contributed by atoms with Crippen LogP contribution in [-0.4, -0.2) is 11.6 Å². The van der Waals surface area contributed by atoms with E-state index in [-0.39, 0.29) is 0 Å². The van der Waals surface area contributed by atoms with E-state index in [1.807, 2.05) is 30.3 Å². The molecule has 0 radical (unpaired) electrons. The first-order chi connectivity index (χ1) is 10.2. The van der Waals surface area contributed by atoms with E-state index in [1.54, 1.807) is 12.1 Å². The summed E-state index contributed by atoms with van der Waals surface area (Å²) in [7, 11) is 0. The molecule has 0 aliphatic heterocycles. The standard InChI is InChI=1S/C14H8O2.C4H6O/c15-13-8-7-11-10-4-2-1-3-9(10)5-6-12(11)14(13)16;1-3-5-4-2/h1-8H;3-4H,1-2H2. The van der Waals surface area contributed by atoms with E-state index < -0.39 is 11.6 Å². The van der Waals surface area contributed by atoms with Gasteiger partial charge in [0, 0.05) is 5.56 Å². The van der Waals surface area contributed by atoms with Crippen LogP contribution in [0, 0.1) is 0 Å². The lowest BCUT2D eigenvalue weighted by Crippen LogP contribution is -2.16. The molecular weight excluding hydrogens is 264 g/mol. The molecule has 0 spiro atoms. The zero-order chi connectivity index (χ0) is 15.2. The van der Waals surface area contributed by atoms with Crippen LogP contribution in [0.15, 0.2) is 68.2 Å². The van der Waals surface area contributed by atoms with Gasteiger partial charge < -0.3 is 4.74 Å².